The Kier molecular flexibility index (Phi) is 5.21. The van der Waals surface area contributed by atoms with E-state index in [9.17, 15) is 0 Å². The van der Waals surface area contributed by atoms with Crippen molar-refractivity contribution in [1.29, 1.82) is 0 Å². The van der Waals surface area contributed by atoms with E-state index in [4.69, 9.17) is 18.0 Å². The molecule has 15 heavy (non-hydrogen) atoms. The van der Waals surface area contributed by atoms with E-state index >= 15 is 0 Å². The summed E-state index contributed by atoms with van der Waals surface area (Å²) in [4.78, 5) is 0. The maximum Gasteiger partial charge on any atom is 0.500 e. The second-order valence-corrected chi connectivity index (χ2v) is 7.14. The molecule has 2 unspecified atom stereocenters. The summed E-state index contributed by atoms with van der Waals surface area (Å²) in [6.07, 6.45) is 2.80. The molecule has 1 aliphatic rings. The molecule has 1 saturated heterocycles. The Hall–Kier alpha value is 0.0569. The van der Waals surface area contributed by atoms with Crippen molar-refractivity contribution in [2.75, 3.05) is 27.9 Å². The zero-order chi connectivity index (χ0) is 11.3. The lowest BCUT2D eigenvalue weighted by Gasteiger charge is -2.27. The van der Waals surface area contributed by atoms with Gasteiger partial charge in [0, 0.05) is 27.4 Å². The Labute approximate surface area is 93.2 Å². The van der Waals surface area contributed by atoms with Crippen LogP contribution in [0.3, 0.4) is 0 Å². The third-order valence-corrected chi connectivity index (χ3v) is 5.98. The van der Waals surface area contributed by atoms with E-state index in [1.807, 2.05) is 0 Å². The van der Waals surface area contributed by atoms with E-state index in [0.717, 1.165) is 25.5 Å². The first-order valence-corrected chi connectivity index (χ1v) is 7.36. The lowest BCUT2D eigenvalue weighted by Crippen LogP contribution is -2.44. The second-order valence-electron chi connectivity index (χ2n) is 4.14. The molecule has 0 aliphatic carbocycles. The molecule has 0 bridgehead atoms. The number of hydrogen-bond acceptors (Lipinski definition) is 4. The van der Waals surface area contributed by atoms with Crippen LogP contribution in [0.25, 0.3) is 0 Å². The van der Waals surface area contributed by atoms with Gasteiger partial charge in [-0.3, -0.25) is 0 Å². The average Bonchev–Trinajstić information content (AvgIpc) is 3.07. The Morgan fingerprint density at radius 2 is 1.80 bits per heavy atom. The zero-order valence-corrected chi connectivity index (χ0v) is 11.1. The highest BCUT2D eigenvalue weighted by molar-refractivity contribution is 6.60. The molecule has 90 valence electrons. The normalized spacial score (nSPS) is 22.8. The molecule has 0 aromatic rings. The van der Waals surface area contributed by atoms with E-state index in [-0.39, 0.29) is 0 Å². The summed E-state index contributed by atoms with van der Waals surface area (Å²) in [5, 5.41) is 0. The van der Waals surface area contributed by atoms with Crippen LogP contribution >= 0.6 is 0 Å². The summed E-state index contributed by atoms with van der Waals surface area (Å²) in [6, 6.07) is 0.878. The monoisotopic (exact) mass is 234 g/mol. The highest BCUT2D eigenvalue weighted by Crippen LogP contribution is 2.25. The smallest absolute Gasteiger partial charge is 0.377 e. The summed E-state index contributed by atoms with van der Waals surface area (Å²) in [5.74, 6) is 0.556. The number of epoxide rings is 1. The van der Waals surface area contributed by atoms with Crippen molar-refractivity contribution in [3.05, 3.63) is 0 Å². The third-order valence-electron chi connectivity index (χ3n) is 2.92. The van der Waals surface area contributed by atoms with Crippen LogP contribution in [0.2, 0.25) is 6.04 Å². The molecule has 1 fully saturated rings. The quantitative estimate of drug-likeness (QED) is 0.473. The molecular weight excluding hydrogens is 212 g/mol. The van der Waals surface area contributed by atoms with Gasteiger partial charge in [0.25, 0.3) is 0 Å². The van der Waals surface area contributed by atoms with Crippen LogP contribution in [0.4, 0.5) is 0 Å². The Balaban J connectivity index is 2.27. The predicted octanol–water partition coefficient (Wildman–Crippen LogP) is 1.68. The lowest BCUT2D eigenvalue weighted by atomic mass is 10.1. The van der Waals surface area contributed by atoms with E-state index in [2.05, 4.69) is 6.92 Å². The van der Waals surface area contributed by atoms with Gasteiger partial charge in [0.15, 0.2) is 0 Å². The minimum Gasteiger partial charge on any atom is -0.377 e. The third kappa shape index (κ3) is 4.20. The van der Waals surface area contributed by atoms with Gasteiger partial charge < -0.3 is 18.0 Å². The van der Waals surface area contributed by atoms with E-state index < -0.39 is 8.80 Å². The number of rotatable bonds is 8. The van der Waals surface area contributed by atoms with Gasteiger partial charge in [-0.1, -0.05) is 6.92 Å². The molecule has 1 heterocycles. The van der Waals surface area contributed by atoms with Crippen LogP contribution in [0.5, 0.6) is 0 Å². The SMILES string of the molecule is CO[Si](CC(C)CCC1CO1)(OC)OC. The van der Waals surface area contributed by atoms with E-state index in [0.29, 0.717) is 12.0 Å². The van der Waals surface area contributed by atoms with Gasteiger partial charge >= 0.3 is 8.80 Å². The fourth-order valence-corrected chi connectivity index (χ4v) is 3.79. The van der Waals surface area contributed by atoms with Crippen LogP contribution in [0.15, 0.2) is 0 Å². The van der Waals surface area contributed by atoms with Crippen molar-refractivity contribution in [1.82, 2.24) is 0 Å². The fraction of sp³-hybridized carbons (Fsp3) is 1.00. The molecule has 0 radical (unpaired) electrons. The van der Waals surface area contributed by atoms with Crippen molar-refractivity contribution in [3.8, 4) is 0 Å². The number of hydrogen-bond donors (Lipinski definition) is 0. The van der Waals surface area contributed by atoms with Crippen molar-refractivity contribution < 1.29 is 18.0 Å². The van der Waals surface area contributed by atoms with Crippen molar-refractivity contribution in [3.63, 3.8) is 0 Å². The molecule has 0 saturated carbocycles. The highest BCUT2D eigenvalue weighted by atomic mass is 28.4. The van der Waals surface area contributed by atoms with Gasteiger partial charge in [-0.25, -0.2) is 0 Å². The molecule has 0 N–H and O–H groups in total. The maximum absolute atomic E-state index is 5.39. The molecular formula is C10H22O4Si. The molecule has 0 amide bonds. The van der Waals surface area contributed by atoms with Gasteiger partial charge in [-0.2, -0.15) is 0 Å². The molecule has 2 atom stereocenters. The van der Waals surface area contributed by atoms with Crippen molar-refractivity contribution in [2.45, 2.75) is 31.9 Å². The molecule has 0 aromatic heterocycles. The minimum atomic E-state index is -2.37. The van der Waals surface area contributed by atoms with Crippen LogP contribution in [-0.2, 0) is 18.0 Å². The van der Waals surface area contributed by atoms with Crippen LogP contribution in [-0.4, -0.2) is 42.8 Å². The summed E-state index contributed by atoms with van der Waals surface area (Å²) in [6.45, 7) is 3.15. The van der Waals surface area contributed by atoms with Gasteiger partial charge in [0.05, 0.1) is 12.7 Å². The van der Waals surface area contributed by atoms with Crippen molar-refractivity contribution >= 4 is 8.80 Å². The van der Waals surface area contributed by atoms with Crippen LogP contribution in [0, 0.1) is 5.92 Å². The lowest BCUT2D eigenvalue weighted by molar-refractivity contribution is 0.118. The summed E-state index contributed by atoms with van der Waals surface area (Å²) >= 11 is 0. The van der Waals surface area contributed by atoms with Crippen LogP contribution in [0.1, 0.15) is 19.8 Å². The minimum absolute atomic E-state index is 0.510. The first-order valence-electron chi connectivity index (χ1n) is 5.43. The molecule has 0 spiro atoms. The number of ether oxygens (including phenoxy) is 1. The molecule has 1 aliphatic heterocycles. The molecule has 1 rings (SSSR count). The molecule has 4 nitrogen and oxygen atoms in total. The molecule has 0 aromatic carbocycles. The average molecular weight is 234 g/mol. The second kappa shape index (κ2) is 5.96. The Morgan fingerprint density at radius 3 is 2.20 bits per heavy atom. The largest absolute Gasteiger partial charge is 0.500 e. The Bertz CT molecular complexity index is 172. The topological polar surface area (TPSA) is 40.2 Å². The van der Waals surface area contributed by atoms with Crippen LogP contribution < -0.4 is 0 Å². The Morgan fingerprint density at radius 1 is 1.27 bits per heavy atom. The van der Waals surface area contributed by atoms with Gasteiger partial charge in [0.2, 0.25) is 0 Å². The predicted molar refractivity (Wildman–Crippen MR) is 59.7 cm³/mol. The van der Waals surface area contributed by atoms with Gasteiger partial charge in [-0.15, -0.1) is 0 Å². The summed E-state index contributed by atoms with van der Waals surface area (Å²) in [7, 11) is 2.62. The van der Waals surface area contributed by atoms with Gasteiger partial charge in [0.1, 0.15) is 0 Å². The maximum atomic E-state index is 5.39. The highest BCUT2D eigenvalue weighted by Gasteiger charge is 2.39. The van der Waals surface area contributed by atoms with E-state index in [1.165, 1.54) is 0 Å². The molecule has 5 heteroatoms. The standard InChI is InChI=1S/C10H22O4Si/c1-9(5-6-10-7-14-10)8-15(11-2,12-3)13-4/h9-10H,5-8H2,1-4H3. The summed E-state index contributed by atoms with van der Waals surface area (Å²) in [5.41, 5.74) is 0. The first kappa shape index (κ1) is 13.1. The first-order chi connectivity index (χ1) is 7.15. The fourth-order valence-electron chi connectivity index (χ4n) is 1.73. The van der Waals surface area contributed by atoms with E-state index in [1.54, 1.807) is 21.3 Å². The van der Waals surface area contributed by atoms with Gasteiger partial charge in [-0.05, 0) is 18.8 Å². The van der Waals surface area contributed by atoms with Crippen molar-refractivity contribution in [2.24, 2.45) is 5.92 Å². The zero-order valence-electron chi connectivity index (χ0n) is 10.1. The summed E-state index contributed by atoms with van der Waals surface area (Å²) < 4.78 is 21.4.